The van der Waals surface area contributed by atoms with E-state index in [4.69, 9.17) is 0 Å². The number of esters is 1. The van der Waals surface area contributed by atoms with Crippen molar-refractivity contribution >= 4 is 5.97 Å². The van der Waals surface area contributed by atoms with Crippen LogP contribution in [0.3, 0.4) is 0 Å². The minimum Gasteiger partial charge on any atom is -0.469 e. The average Bonchev–Trinajstić information content (AvgIpc) is 2.55. The number of benzene rings is 1. The van der Waals surface area contributed by atoms with Crippen LogP contribution in [0.2, 0.25) is 0 Å². The van der Waals surface area contributed by atoms with Gasteiger partial charge in [-0.05, 0) is 30.0 Å². The summed E-state index contributed by atoms with van der Waals surface area (Å²) in [5.74, 6) is -0.182. The van der Waals surface area contributed by atoms with E-state index in [-0.39, 0.29) is 5.97 Å². The molecule has 2 aromatic rings. The molecule has 21 heavy (non-hydrogen) atoms. The van der Waals surface area contributed by atoms with Gasteiger partial charge in [0.15, 0.2) is 0 Å². The molecule has 2 rings (SSSR count). The number of hydrogen-bond acceptors (Lipinski definition) is 4. The first-order valence-electron chi connectivity index (χ1n) is 6.94. The van der Waals surface area contributed by atoms with Crippen LogP contribution in [-0.2, 0) is 16.0 Å². The number of aliphatic hydroxyl groups is 1. The van der Waals surface area contributed by atoms with Gasteiger partial charge in [0.25, 0.3) is 0 Å². The molecule has 1 N–H and O–H groups in total. The molecule has 1 atom stereocenters. The topological polar surface area (TPSA) is 59.4 Å². The molecule has 1 heterocycles. The van der Waals surface area contributed by atoms with Crippen LogP contribution < -0.4 is 0 Å². The number of hydrogen-bond donors (Lipinski definition) is 1. The molecular weight excluding hydrogens is 266 g/mol. The van der Waals surface area contributed by atoms with Gasteiger partial charge in [-0.2, -0.15) is 0 Å². The van der Waals surface area contributed by atoms with E-state index in [0.717, 1.165) is 29.5 Å². The Morgan fingerprint density at radius 1 is 1.24 bits per heavy atom. The van der Waals surface area contributed by atoms with Crippen LogP contribution in [-0.4, -0.2) is 23.2 Å². The highest BCUT2D eigenvalue weighted by Crippen LogP contribution is 2.21. The van der Waals surface area contributed by atoms with Gasteiger partial charge in [0.2, 0.25) is 0 Å². The number of rotatable bonds is 6. The third-order valence-electron chi connectivity index (χ3n) is 3.37. The summed E-state index contributed by atoms with van der Waals surface area (Å²) >= 11 is 0. The van der Waals surface area contributed by atoms with E-state index in [0.29, 0.717) is 6.42 Å². The minimum absolute atomic E-state index is 0.182. The lowest BCUT2D eigenvalue weighted by atomic mass is 10.00. The largest absolute Gasteiger partial charge is 0.469 e. The molecule has 0 aliphatic heterocycles. The zero-order valence-electron chi connectivity index (χ0n) is 12.0. The maximum absolute atomic E-state index is 11.0. The Labute approximate surface area is 124 Å². The first kappa shape index (κ1) is 15.2. The first-order chi connectivity index (χ1) is 10.2. The van der Waals surface area contributed by atoms with Gasteiger partial charge in [0.05, 0.1) is 7.11 Å². The Bertz CT molecular complexity index is 566. The van der Waals surface area contributed by atoms with Crippen LogP contribution in [0, 0.1) is 0 Å². The van der Waals surface area contributed by atoms with Gasteiger partial charge >= 0.3 is 5.97 Å². The van der Waals surface area contributed by atoms with Crippen molar-refractivity contribution in [3.05, 3.63) is 65.5 Å². The normalized spacial score (nSPS) is 11.9. The smallest absolute Gasteiger partial charge is 0.305 e. The van der Waals surface area contributed by atoms with E-state index < -0.39 is 6.10 Å². The zero-order chi connectivity index (χ0) is 15.1. The van der Waals surface area contributed by atoms with Crippen molar-refractivity contribution in [3.63, 3.8) is 0 Å². The maximum Gasteiger partial charge on any atom is 0.305 e. The monoisotopic (exact) mass is 285 g/mol. The number of carbonyl (C=O) groups excluding carboxylic acids is 1. The van der Waals surface area contributed by atoms with Crippen molar-refractivity contribution < 1.29 is 14.6 Å². The highest BCUT2D eigenvalue weighted by atomic mass is 16.5. The van der Waals surface area contributed by atoms with E-state index in [9.17, 15) is 9.90 Å². The molecular formula is C17H19NO3. The average molecular weight is 285 g/mol. The third-order valence-corrected chi connectivity index (χ3v) is 3.37. The van der Waals surface area contributed by atoms with E-state index in [1.54, 1.807) is 18.5 Å². The SMILES string of the molecule is COC(=O)CCCc1ccc(C(O)c2cccnc2)cc1. The molecule has 110 valence electrons. The molecule has 0 fully saturated rings. The van der Waals surface area contributed by atoms with E-state index >= 15 is 0 Å². The fourth-order valence-electron chi connectivity index (χ4n) is 2.14. The quantitative estimate of drug-likeness (QED) is 0.829. The van der Waals surface area contributed by atoms with Crippen LogP contribution in [0.15, 0.2) is 48.8 Å². The molecule has 0 amide bonds. The molecule has 0 saturated carbocycles. The summed E-state index contributed by atoms with van der Waals surface area (Å²) in [6.07, 6.45) is 4.68. The molecule has 4 heteroatoms. The van der Waals surface area contributed by atoms with Crippen molar-refractivity contribution in [1.82, 2.24) is 4.98 Å². The number of nitrogens with zero attached hydrogens (tertiary/aromatic N) is 1. The first-order valence-corrected chi connectivity index (χ1v) is 6.94. The lowest BCUT2D eigenvalue weighted by molar-refractivity contribution is -0.140. The predicted octanol–water partition coefficient (Wildman–Crippen LogP) is 2.66. The van der Waals surface area contributed by atoms with E-state index in [2.05, 4.69) is 9.72 Å². The second-order valence-corrected chi connectivity index (χ2v) is 4.86. The molecule has 0 saturated heterocycles. The van der Waals surface area contributed by atoms with Crippen molar-refractivity contribution in [1.29, 1.82) is 0 Å². The fraction of sp³-hybridized carbons (Fsp3) is 0.294. The van der Waals surface area contributed by atoms with E-state index in [1.807, 2.05) is 30.3 Å². The number of methoxy groups -OCH3 is 1. The van der Waals surface area contributed by atoms with Crippen molar-refractivity contribution in [3.8, 4) is 0 Å². The number of aromatic nitrogens is 1. The molecule has 0 bridgehead atoms. The van der Waals surface area contributed by atoms with Crippen LogP contribution in [0.4, 0.5) is 0 Å². The second-order valence-electron chi connectivity index (χ2n) is 4.86. The summed E-state index contributed by atoms with van der Waals surface area (Å²) in [5.41, 5.74) is 2.75. The Morgan fingerprint density at radius 2 is 2.00 bits per heavy atom. The molecule has 4 nitrogen and oxygen atoms in total. The van der Waals surface area contributed by atoms with Gasteiger partial charge in [0, 0.05) is 24.4 Å². The van der Waals surface area contributed by atoms with Gasteiger partial charge in [-0.3, -0.25) is 9.78 Å². The van der Waals surface area contributed by atoms with Crippen molar-refractivity contribution in [2.45, 2.75) is 25.4 Å². The Hall–Kier alpha value is -2.20. The minimum atomic E-state index is -0.664. The molecule has 0 radical (unpaired) electrons. The lowest BCUT2D eigenvalue weighted by Crippen LogP contribution is -2.01. The number of pyridine rings is 1. The third kappa shape index (κ3) is 4.39. The van der Waals surface area contributed by atoms with Gasteiger partial charge in [-0.25, -0.2) is 0 Å². The highest BCUT2D eigenvalue weighted by Gasteiger charge is 2.10. The van der Waals surface area contributed by atoms with Gasteiger partial charge in [-0.15, -0.1) is 0 Å². The number of aryl methyl sites for hydroxylation is 1. The zero-order valence-corrected chi connectivity index (χ0v) is 12.0. The summed E-state index contributed by atoms with van der Waals surface area (Å²) in [7, 11) is 1.40. The molecule has 1 unspecified atom stereocenters. The summed E-state index contributed by atoms with van der Waals surface area (Å²) < 4.78 is 4.61. The molecule has 0 aliphatic carbocycles. The maximum atomic E-state index is 11.0. The molecule has 1 aromatic heterocycles. The predicted molar refractivity (Wildman–Crippen MR) is 79.7 cm³/mol. The van der Waals surface area contributed by atoms with Crippen LogP contribution >= 0.6 is 0 Å². The van der Waals surface area contributed by atoms with Crippen LogP contribution in [0.5, 0.6) is 0 Å². The van der Waals surface area contributed by atoms with Gasteiger partial charge in [0.1, 0.15) is 6.10 Å². The van der Waals surface area contributed by atoms with Crippen LogP contribution in [0.1, 0.15) is 35.6 Å². The Balaban J connectivity index is 1.94. The summed E-state index contributed by atoms with van der Waals surface area (Å²) in [6.45, 7) is 0. The van der Waals surface area contributed by atoms with Crippen LogP contribution in [0.25, 0.3) is 0 Å². The summed E-state index contributed by atoms with van der Waals surface area (Å²) in [4.78, 5) is 15.1. The van der Waals surface area contributed by atoms with Crippen molar-refractivity contribution in [2.75, 3.05) is 7.11 Å². The number of ether oxygens (including phenoxy) is 1. The fourth-order valence-corrected chi connectivity index (χ4v) is 2.14. The number of aliphatic hydroxyl groups excluding tert-OH is 1. The standard InChI is InChI=1S/C17H19NO3/c1-21-16(19)6-2-4-13-7-9-14(10-8-13)17(20)15-5-3-11-18-12-15/h3,5,7-12,17,20H,2,4,6H2,1H3. The second kappa shape index (κ2) is 7.55. The highest BCUT2D eigenvalue weighted by molar-refractivity contribution is 5.69. The van der Waals surface area contributed by atoms with Gasteiger partial charge in [-0.1, -0.05) is 30.3 Å². The molecule has 1 aromatic carbocycles. The van der Waals surface area contributed by atoms with E-state index in [1.165, 1.54) is 7.11 Å². The lowest BCUT2D eigenvalue weighted by Gasteiger charge is -2.11. The molecule has 0 aliphatic rings. The summed E-state index contributed by atoms with van der Waals surface area (Å²) in [5, 5.41) is 10.3. The molecule has 0 spiro atoms. The Kier molecular flexibility index (Phi) is 5.46. The van der Waals surface area contributed by atoms with Gasteiger partial charge < -0.3 is 9.84 Å². The summed E-state index contributed by atoms with van der Waals surface area (Å²) in [6, 6.07) is 11.4. The number of carbonyl (C=O) groups is 1. The van der Waals surface area contributed by atoms with Crippen molar-refractivity contribution in [2.24, 2.45) is 0 Å². The Morgan fingerprint density at radius 3 is 2.62 bits per heavy atom.